The highest BCUT2D eigenvalue weighted by Crippen LogP contribution is 2.26. The van der Waals surface area contributed by atoms with Gasteiger partial charge in [-0.25, -0.2) is 0 Å². The number of nitrogens with one attached hydrogen (secondary N) is 1. The lowest BCUT2D eigenvalue weighted by atomic mass is 10.1. The van der Waals surface area contributed by atoms with Crippen molar-refractivity contribution in [2.45, 2.75) is 39.5 Å². The zero-order valence-corrected chi connectivity index (χ0v) is 18.8. The van der Waals surface area contributed by atoms with Crippen molar-refractivity contribution in [1.29, 1.82) is 0 Å². The van der Waals surface area contributed by atoms with Crippen molar-refractivity contribution in [3.8, 4) is 10.6 Å². The van der Waals surface area contributed by atoms with Crippen molar-refractivity contribution in [2.24, 2.45) is 0 Å². The first-order chi connectivity index (χ1) is 15.0. The third-order valence-electron chi connectivity index (χ3n) is 4.86. The molecular formula is C24H28N4O2S. The summed E-state index contributed by atoms with van der Waals surface area (Å²) in [5, 5.41) is 12.3. The van der Waals surface area contributed by atoms with Gasteiger partial charge >= 0.3 is 0 Å². The molecule has 0 atom stereocenters. The maximum Gasteiger partial charge on any atom is 0.227 e. The van der Waals surface area contributed by atoms with Gasteiger partial charge in [0, 0.05) is 31.5 Å². The van der Waals surface area contributed by atoms with Crippen LogP contribution in [-0.2, 0) is 16.0 Å². The molecule has 0 bridgehead atoms. The average molecular weight is 437 g/mol. The fraction of sp³-hybridized carbons (Fsp3) is 0.333. The van der Waals surface area contributed by atoms with Crippen LogP contribution in [0.5, 0.6) is 0 Å². The van der Waals surface area contributed by atoms with Crippen LogP contribution in [-0.4, -0.2) is 40.0 Å². The molecule has 1 N–H and O–H groups in total. The Balaban J connectivity index is 1.50. The van der Waals surface area contributed by atoms with Crippen molar-refractivity contribution in [3.63, 3.8) is 0 Å². The van der Waals surface area contributed by atoms with Crippen LogP contribution >= 0.6 is 11.3 Å². The third-order valence-corrected chi connectivity index (χ3v) is 5.75. The lowest BCUT2D eigenvalue weighted by Crippen LogP contribution is -2.34. The highest BCUT2D eigenvalue weighted by Gasteiger charge is 2.15. The lowest BCUT2D eigenvalue weighted by Gasteiger charge is -2.22. The minimum atomic E-state index is -0.163. The van der Waals surface area contributed by atoms with Gasteiger partial charge in [-0.2, -0.15) is 0 Å². The van der Waals surface area contributed by atoms with Gasteiger partial charge < -0.3 is 10.2 Å². The molecule has 31 heavy (non-hydrogen) atoms. The van der Waals surface area contributed by atoms with E-state index in [1.807, 2.05) is 68.4 Å². The van der Waals surface area contributed by atoms with Gasteiger partial charge in [-0.15, -0.1) is 10.2 Å². The molecule has 0 radical (unpaired) electrons. The van der Waals surface area contributed by atoms with E-state index in [-0.39, 0.29) is 18.2 Å². The van der Waals surface area contributed by atoms with Crippen LogP contribution in [0.2, 0.25) is 0 Å². The first-order valence-corrected chi connectivity index (χ1v) is 11.4. The maximum absolute atomic E-state index is 12.6. The molecule has 0 aliphatic rings. The second kappa shape index (κ2) is 11.4. The van der Waals surface area contributed by atoms with E-state index < -0.39 is 0 Å². The zero-order chi connectivity index (χ0) is 22.1. The van der Waals surface area contributed by atoms with Crippen LogP contribution in [0, 0.1) is 6.92 Å². The smallest absolute Gasteiger partial charge is 0.227 e. The number of hydrogen-bond donors (Lipinski definition) is 1. The highest BCUT2D eigenvalue weighted by molar-refractivity contribution is 7.18. The van der Waals surface area contributed by atoms with Crippen LogP contribution in [0.1, 0.15) is 37.3 Å². The Hall–Kier alpha value is -3.06. The number of aromatic nitrogens is 2. The summed E-state index contributed by atoms with van der Waals surface area (Å²) in [4.78, 5) is 26.8. The highest BCUT2D eigenvalue weighted by atomic mass is 32.1. The van der Waals surface area contributed by atoms with Gasteiger partial charge in [-0.1, -0.05) is 72.4 Å². The molecule has 0 spiro atoms. The molecule has 0 fully saturated rings. The van der Waals surface area contributed by atoms with Crippen molar-refractivity contribution < 1.29 is 9.59 Å². The Kier molecular flexibility index (Phi) is 8.29. The van der Waals surface area contributed by atoms with Crippen LogP contribution in [0.15, 0.2) is 54.6 Å². The number of carbonyl (C=O) groups excluding carboxylic acids is 2. The van der Waals surface area contributed by atoms with Gasteiger partial charge in [0.25, 0.3) is 0 Å². The number of hydrogen-bond acceptors (Lipinski definition) is 5. The molecule has 6 nitrogen and oxygen atoms in total. The van der Waals surface area contributed by atoms with E-state index >= 15 is 0 Å². The normalized spacial score (nSPS) is 10.6. The summed E-state index contributed by atoms with van der Waals surface area (Å²) in [6, 6.07) is 18.0. The molecule has 2 aromatic carbocycles. The average Bonchev–Trinajstić information content (AvgIpc) is 3.24. The first-order valence-electron chi connectivity index (χ1n) is 10.6. The predicted octanol–water partition coefficient (Wildman–Crippen LogP) is 4.71. The van der Waals surface area contributed by atoms with Crippen LogP contribution in [0.25, 0.3) is 10.6 Å². The van der Waals surface area contributed by atoms with Gasteiger partial charge in [-0.05, 0) is 31.4 Å². The monoisotopic (exact) mass is 436 g/mol. The first kappa shape index (κ1) is 22.6. The number of aryl methyl sites for hydroxylation is 2. The van der Waals surface area contributed by atoms with Gasteiger partial charge in [0.2, 0.25) is 16.9 Å². The largest absolute Gasteiger partial charge is 0.342 e. The zero-order valence-electron chi connectivity index (χ0n) is 18.0. The minimum Gasteiger partial charge on any atom is -0.342 e. The van der Waals surface area contributed by atoms with Gasteiger partial charge in [0.15, 0.2) is 0 Å². The molecule has 1 heterocycles. The standard InChI is InChI=1S/C24H28N4O2S/c1-3-15-28(22(30)13-12-19-9-5-4-6-10-19)16-14-21(29)25-24-27-26-23(31-24)20-11-7-8-18(2)17-20/h4-11,17H,3,12-16H2,1-2H3,(H,25,27,29). The van der Waals surface area contributed by atoms with E-state index in [0.717, 1.165) is 28.1 Å². The molecule has 7 heteroatoms. The molecule has 0 saturated carbocycles. The molecule has 3 aromatic rings. The Bertz CT molecular complexity index is 1000. The fourth-order valence-electron chi connectivity index (χ4n) is 3.27. The molecular weight excluding hydrogens is 408 g/mol. The van der Waals surface area contributed by atoms with Gasteiger partial charge in [0.05, 0.1) is 0 Å². The molecule has 162 valence electrons. The fourth-order valence-corrected chi connectivity index (χ4v) is 4.03. The topological polar surface area (TPSA) is 75.2 Å². The summed E-state index contributed by atoms with van der Waals surface area (Å²) in [5.41, 5.74) is 3.27. The quantitative estimate of drug-likeness (QED) is 0.499. The molecule has 0 aliphatic heterocycles. The SMILES string of the molecule is CCCN(CCC(=O)Nc1nnc(-c2cccc(C)c2)s1)C(=O)CCc1ccccc1. The number of anilines is 1. The van der Waals surface area contributed by atoms with E-state index in [9.17, 15) is 9.59 Å². The van der Waals surface area contributed by atoms with E-state index in [1.165, 1.54) is 11.3 Å². The Labute approximate surface area is 187 Å². The Morgan fingerprint density at radius 3 is 2.55 bits per heavy atom. The Morgan fingerprint density at radius 1 is 1.00 bits per heavy atom. The molecule has 0 unspecified atom stereocenters. The number of benzene rings is 2. The molecule has 0 saturated heterocycles. The van der Waals surface area contributed by atoms with Crippen molar-refractivity contribution in [3.05, 3.63) is 65.7 Å². The Morgan fingerprint density at radius 2 is 1.81 bits per heavy atom. The second-order valence-corrected chi connectivity index (χ2v) is 8.42. The molecule has 0 aliphatic carbocycles. The summed E-state index contributed by atoms with van der Waals surface area (Å²) in [6.07, 6.45) is 2.24. The van der Waals surface area contributed by atoms with Crippen molar-refractivity contribution >= 4 is 28.3 Å². The van der Waals surface area contributed by atoms with E-state index in [4.69, 9.17) is 0 Å². The van der Waals surface area contributed by atoms with Gasteiger partial charge in [0.1, 0.15) is 5.01 Å². The van der Waals surface area contributed by atoms with Crippen molar-refractivity contribution in [1.82, 2.24) is 15.1 Å². The maximum atomic E-state index is 12.6. The van der Waals surface area contributed by atoms with Crippen LogP contribution in [0.3, 0.4) is 0 Å². The van der Waals surface area contributed by atoms with Crippen LogP contribution in [0.4, 0.5) is 5.13 Å². The summed E-state index contributed by atoms with van der Waals surface area (Å²) in [6.45, 7) is 5.11. The summed E-state index contributed by atoms with van der Waals surface area (Å²) >= 11 is 1.34. The minimum absolute atomic E-state index is 0.0798. The van der Waals surface area contributed by atoms with E-state index in [2.05, 4.69) is 15.5 Å². The molecule has 3 rings (SSSR count). The molecule has 2 amide bonds. The predicted molar refractivity (Wildman–Crippen MR) is 125 cm³/mol. The van der Waals surface area contributed by atoms with E-state index in [0.29, 0.717) is 31.1 Å². The second-order valence-electron chi connectivity index (χ2n) is 7.45. The van der Waals surface area contributed by atoms with Crippen LogP contribution < -0.4 is 5.32 Å². The van der Waals surface area contributed by atoms with Gasteiger partial charge in [-0.3, -0.25) is 9.59 Å². The number of amides is 2. The number of rotatable bonds is 10. The summed E-state index contributed by atoms with van der Waals surface area (Å²) in [7, 11) is 0. The summed E-state index contributed by atoms with van der Waals surface area (Å²) in [5.74, 6) is -0.0833. The van der Waals surface area contributed by atoms with E-state index in [1.54, 1.807) is 4.90 Å². The third kappa shape index (κ3) is 7.00. The summed E-state index contributed by atoms with van der Waals surface area (Å²) < 4.78 is 0. The van der Waals surface area contributed by atoms with Crippen molar-refractivity contribution in [2.75, 3.05) is 18.4 Å². The number of carbonyl (C=O) groups is 2. The molecule has 1 aromatic heterocycles. The number of nitrogens with zero attached hydrogens (tertiary/aromatic N) is 3. The lowest BCUT2D eigenvalue weighted by molar-refractivity contribution is -0.131.